The summed E-state index contributed by atoms with van der Waals surface area (Å²) in [6.45, 7) is 10.3. The van der Waals surface area contributed by atoms with Crippen LogP contribution in [0, 0.1) is 13.8 Å². The molecule has 0 bridgehead atoms. The molecule has 150 valence electrons. The molecule has 0 aliphatic carbocycles. The molecular weight excluding hydrogens is 350 g/mol. The Morgan fingerprint density at radius 3 is 2.32 bits per heavy atom. The summed E-state index contributed by atoms with van der Waals surface area (Å²) >= 11 is 0. The Bertz CT molecular complexity index is 796. The summed E-state index contributed by atoms with van der Waals surface area (Å²) in [7, 11) is 2.15. The van der Waals surface area contributed by atoms with Crippen LogP contribution >= 0.6 is 0 Å². The molecule has 1 aliphatic heterocycles. The average molecular weight is 382 g/mol. The van der Waals surface area contributed by atoms with Crippen molar-refractivity contribution in [2.24, 2.45) is 0 Å². The largest absolute Gasteiger partial charge is 0.481 e. The highest BCUT2D eigenvalue weighted by atomic mass is 16.5. The van der Waals surface area contributed by atoms with E-state index in [1.54, 1.807) is 0 Å². The fourth-order valence-corrected chi connectivity index (χ4v) is 3.32. The molecule has 1 fully saturated rings. The standard InChI is InChI=1S/C23H31N3O2/c1-5-22(28-21-11-6-17(2)18(3)16-21)23(27)24-19-7-9-20(10-8-19)26-14-12-25(4)13-15-26/h6-11,16,22H,5,12-15H2,1-4H3,(H,24,27)/t22-/m1/s1. The van der Waals surface area contributed by atoms with Crippen LogP contribution in [0.1, 0.15) is 24.5 Å². The molecule has 28 heavy (non-hydrogen) atoms. The van der Waals surface area contributed by atoms with E-state index in [-0.39, 0.29) is 5.91 Å². The van der Waals surface area contributed by atoms with Gasteiger partial charge in [0.15, 0.2) is 6.10 Å². The monoisotopic (exact) mass is 381 g/mol. The van der Waals surface area contributed by atoms with Gasteiger partial charge in [-0.2, -0.15) is 0 Å². The SMILES string of the molecule is CC[C@@H](Oc1ccc(C)c(C)c1)C(=O)Nc1ccc(N2CCN(C)CC2)cc1. The van der Waals surface area contributed by atoms with E-state index in [0.717, 1.165) is 43.2 Å². The van der Waals surface area contributed by atoms with Crippen LogP contribution in [0.2, 0.25) is 0 Å². The predicted molar refractivity (Wildman–Crippen MR) is 115 cm³/mol. The van der Waals surface area contributed by atoms with E-state index in [9.17, 15) is 4.79 Å². The van der Waals surface area contributed by atoms with Crippen LogP contribution in [0.25, 0.3) is 0 Å². The van der Waals surface area contributed by atoms with Crippen LogP contribution in [0.3, 0.4) is 0 Å². The average Bonchev–Trinajstić information content (AvgIpc) is 2.70. The van der Waals surface area contributed by atoms with Crippen LogP contribution in [0.5, 0.6) is 5.75 Å². The van der Waals surface area contributed by atoms with E-state index in [4.69, 9.17) is 4.74 Å². The van der Waals surface area contributed by atoms with E-state index >= 15 is 0 Å². The summed E-state index contributed by atoms with van der Waals surface area (Å²) in [4.78, 5) is 17.4. The van der Waals surface area contributed by atoms with Crippen molar-refractivity contribution >= 4 is 17.3 Å². The first kappa shape index (κ1) is 20.2. The molecule has 2 aromatic rings. The topological polar surface area (TPSA) is 44.8 Å². The van der Waals surface area contributed by atoms with E-state index in [1.807, 2.05) is 44.2 Å². The highest BCUT2D eigenvalue weighted by Gasteiger charge is 2.19. The maximum absolute atomic E-state index is 12.7. The number of piperazine rings is 1. The first-order valence-electron chi connectivity index (χ1n) is 10.0. The molecule has 0 radical (unpaired) electrons. The summed E-state index contributed by atoms with van der Waals surface area (Å²) in [6, 6.07) is 14.0. The van der Waals surface area contributed by atoms with Crippen LogP contribution in [0.4, 0.5) is 11.4 Å². The van der Waals surface area contributed by atoms with Crippen molar-refractivity contribution < 1.29 is 9.53 Å². The second-order valence-corrected chi connectivity index (χ2v) is 7.59. The highest BCUT2D eigenvalue weighted by molar-refractivity contribution is 5.94. The Kier molecular flexibility index (Phi) is 6.57. The summed E-state index contributed by atoms with van der Waals surface area (Å²) in [5.74, 6) is 0.614. The van der Waals surface area contributed by atoms with Crippen LogP contribution in [0.15, 0.2) is 42.5 Å². The van der Waals surface area contributed by atoms with Gasteiger partial charge in [0.05, 0.1) is 0 Å². The van der Waals surface area contributed by atoms with Gasteiger partial charge in [0.1, 0.15) is 5.75 Å². The number of rotatable bonds is 6. The van der Waals surface area contributed by atoms with Gasteiger partial charge in [0.2, 0.25) is 0 Å². The van der Waals surface area contributed by atoms with E-state index in [0.29, 0.717) is 6.42 Å². The molecule has 0 aromatic heterocycles. The Hall–Kier alpha value is -2.53. The molecule has 0 saturated carbocycles. The van der Waals surface area contributed by atoms with Crippen molar-refractivity contribution in [3.05, 3.63) is 53.6 Å². The van der Waals surface area contributed by atoms with Crippen molar-refractivity contribution in [2.75, 3.05) is 43.4 Å². The van der Waals surface area contributed by atoms with Gasteiger partial charge in [-0.25, -0.2) is 0 Å². The number of aryl methyl sites for hydroxylation is 2. The van der Waals surface area contributed by atoms with Gasteiger partial charge in [0.25, 0.3) is 5.91 Å². The number of carbonyl (C=O) groups is 1. The molecule has 3 rings (SSSR count). The summed E-state index contributed by atoms with van der Waals surface area (Å²) in [6.07, 6.45) is 0.0948. The zero-order valence-electron chi connectivity index (χ0n) is 17.4. The summed E-state index contributed by atoms with van der Waals surface area (Å²) < 4.78 is 5.94. The first-order chi connectivity index (χ1) is 13.5. The number of ether oxygens (including phenoxy) is 1. The van der Waals surface area contributed by atoms with Crippen molar-refractivity contribution in [3.8, 4) is 5.75 Å². The molecule has 5 nitrogen and oxygen atoms in total. The smallest absolute Gasteiger partial charge is 0.265 e. The van der Waals surface area contributed by atoms with Gasteiger partial charge in [-0.1, -0.05) is 13.0 Å². The minimum Gasteiger partial charge on any atom is -0.481 e. The molecule has 1 aliphatic rings. The number of nitrogens with zero attached hydrogens (tertiary/aromatic N) is 2. The Morgan fingerprint density at radius 2 is 1.71 bits per heavy atom. The second-order valence-electron chi connectivity index (χ2n) is 7.59. The number of hydrogen-bond donors (Lipinski definition) is 1. The summed E-state index contributed by atoms with van der Waals surface area (Å²) in [5, 5.41) is 2.99. The lowest BCUT2D eigenvalue weighted by Gasteiger charge is -2.34. The molecule has 0 spiro atoms. The van der Waals surface area contributed by atoms with E-state index in [1.165, 1.54) is 11.3 Å². The minimum atomic E-state index is -0.514. The zero-order chi connectivity index (χ0) is 20.1. The third-order valence-corrected chi connectivity index (χ3v) is 5.42. The third-order valence-electron chi connectivity index (χ3n) is 5.42. The number of hydrogen-bond acceptors (Lipinski definition) is 4. The molecule has 1 atom stereocenters. The van der Waals surface area contributed by atoms with Gasteiger partial charge in [0, 0.05) is 37.6 Å². The predicted octanol–water partition coefficient (Wildman–Crippen LogP) is 3.85. The number of carbonyl (C=O) groups excluding carboxylic acids is 1. The maximum Gasteiger partial charge on any atom is 0.265 e. The molecule has 1 heterocycles. The van der Waals surface area contributed by atoms with Crippen LogP contribution in [-0.2, 0) is 4.79 Å². The highest BCUT2D eigenvalue weighted by Crippen LogP contribution is 2.21. The molecule has 2 aromatic carbocycles. The first-order valence-corrected chi connectivity index (χ1v) is 10.0. The fraction of sp³-hybridized carbons (Fsp3) is 0.435. The van der Waals surface area contributed by atoms with E-state index < -0.39 is 6.10 Å². The molecule has 0 unspecified atom stereocenters. The van der Waals surface area contributed by atoms with Crippen molar-refractivity contribution in [3.63, 3.8) is 0 Å². The molecule has 1 saturated heterocycles. The molecular formula is C23H31N3O2. The van der Waals surface area contributed by atoms with Crippen molar-refractivity contribution in [1.29, 1.82) is 0 Å². The second kappa shape index (κ2) is 9.11. The van der Waals surface area contributed by atoms with E-state index in [2.05, 4.69) is 41.2 Å². The van der Waals surface area contributed by atoms with Gasteiger partial charge >= 0.3 is 0 Å². The fourth-order valence-electron chi connectivity index (χ4n) is 3.32. The molecule has 5 heteroatoms. The Labute approximate surface area is 168 Å². The van der Waals surface area contributed by atoms with Gasteiger partial charge in [-0.3, -0.25) is 4.79 Å². The minimum absolute atomic E-state index is 0.118. The Morgan fingerprint density at radius 1 is 1.04 bits per heavy atom. The van der Waals surface area contributed by atoms with Gasteiger partial charge < -0.3 is 19.9 Å². The number of likely N-dealkylation sites (N-methyl/N-ethyl adjacent to an activating group) is 1. The van der Waals surface area contributed by atoms with Crippen LogP contribution in [-0.4, -0.2) is 50.1 Å². The lowest BCUT2D eigenvalue weighted by molar-refractivity contribution is -0.122. The molecule has 1 amide bonds. The third kappa shape index (κ3) is 5.04. The maximum atomic E-state index is 12.7. The van der Waals surface area contributed by atoms with Gasteiger partial charge in [-0.15, -0.1) is 0 Å². The number of benzene rings is 2. The normalized spacial score (nSPS) is 15.9. The quantitative estimate of drug-likeness (QED) is 0.825. The number of amides is 1. The lowest BCUT2D eigenvalue weighted by Crippen LogP contribution is -2.44. The van der Waals surface area contributed by atoms with Crippen molar-refractivity contribution in [1.82, 2.24) is 4.90 Å². The number of nitrogens with one attached hydrogen (secondary N) is 1. The zero-order valence-corrected chi connectivity index (χ0v) is 17.4. The van der Waals surface area contributed by atoms with Gasteiger partial charge in [-0.05, 0) is 74.8 Å². The Balaban J connectivity index is 1.59. The summed E-state index contributed by atoms with van der Waals surface area (Å²) in [5.41, 5.74) is 4.37. The molecule has 1 N–H and O–H groups in total. The van der Waals surface area contributed by atoms with Crippen LogP contribution < -0.4 is 15.0 Å². The lowest BCUT2D eigenvalue weighted by atomic mass is 10.1. The van der Waals surface area contributed by atoms with Crippen molar-refractivity contribution in [2.45, 2.75) is 33.3 Å². The number of anilines is 2.